The molecule has 0 spiro atoms. The second-order valence-corrected chi connectivity index (χ2v) is 4.23. The van der Waals surface area contributed by atoms with Gasteiger partial charge in [0.2, 0.25) is 0 Å². The third kappa shape index (κ3) is 2.71. The van der Waals surface area contributed by atoms with E-state index in [1.165, 1.54) is 6.20 Å². The molecule has 90 valence electrons. The number of nitriles is 1. The van der Waals surface area contributed by atoms with Crippen LogP contribution < -0.4 is 4.90 Å². The van der Waals surface area contributed by atoms with Crippen LogP contribution >= 0.6 is 0 Å². The molecule has 1 fully saturated rings. The maximum absolute atomic E-state index is 8.87. The highest BCUT2D eigenvalue weighted by Crippen LogP contribution is 2.25. The molecular weight excluding hydrogens is 216 g/mol. The Bertz CT molecular complexity index is 398. The van der Waals surface area contributed by atoms with Gasteiger partial charge in [-0.1, -0.05) is 0 Å². The lowest BCUT2D eigenvalue weighted by molar-refractivity contribution is 0.279. The number of anilines is 1. The summed E-state index contributed by atoms with van der Waals surface area (Å²) < 4.78 is 0. The first-order chi connectivity index (χ1) is 8.35. The molecule has 1 atom stereocenters. The summed E-state index contributed by atoms with van der Waals surface area (Å²) in [5.74, 6) is 0.837. The number of hydrogen-bond acceptors (Lipinski definition) is 5. The fourth-order valence-corrected chi connectivity index (χ4v) is 2.29. The molecule has 0 aliphatic carbocycles. The molecule has 0 amide bonds. The first-order valence-electron chi connectivity index (χ1n) is 5.95. The van der Waals surface area contributed by atoms with Crippen molar-refractivity contribution in [2.75, 3.05) is 18.1 Å². The fourth-order valence-electron chi connectivity index (χ4n) is 2.29. The van der Waals surface area contributed by atoms with Gasteiger partial charge in [0.1, 0.15) is 11.9 Å². The average Bonchev–Trinajstić information content (AvgIpc) is 2.84. The molecule has 0 bridgehead atoms. The van der Waals surface area contributed by atoms with E-state index in [1.807, 2.05) is 6.07 Å². The van der Waals surface area contributed by atoms with E-state index >= 15 is 0 Å². The van der Waals surface area contributed by atoms with Gasteiger partial charge < -0.3 is 10.0 Å². The van der Waals surface area contributed by atoms with Crippen LogP contribution in [-0.2, 0) is 0 Å². The van der Waals surface area contributed by atoms with Gasteiger partial charge in [-0.2, -0.15) is 5.26 Å². The van der Waals surface area contributed by atoms with E-state index in [4.69, 9.17) is 10.4 Å². The third-order valence-electron chi connectivity index (χ3n) is 3.12. The van der Waals surface area contributed by atoms with E-state index in [-0.39, 0.29) is 6.61 Å². The summed E-state index contributed by atoms with van der Waals surface area (Å²) in [4.78, 5) is 10.5. The lowest BCUT2D eigenvalue weighted by Gasteiger charge is -2.25. The molecule has 1 aliphatic rings. The molecule has 1 aromatic heterocycles. The number of aliphatic hydroxyl groups excluding tert-OH is 1. The highest BCUT2D eigenvalue weighted by molar-refractivity contribution is 5.39. The normalized spacial score (nSPS) is 19.3. The Morgan fingerprint density at radius 3 is 3.00 bits per heavy atom. The van der Waals surface area contributed by atoms with Crippen molar-refractivity contribution in [1.29, 1.82) is 5.26 Å². The van der Waals surface area contributed by atoms with Crippen molar-refractivity contribution in [3.63, 3.8) is 0 Å². The Morgan fingerprint density at radius 2 is 2.35 bits per heavy atom. The van der Waals surface area contributed by atoms with E-state index in [2.05, 4.69) is 14.9 Å². The quantitative estimate of drug-likeness (QED) is 0.841. The molecule has 5 heteroatoms. The number of nitrogens with zero attached hydrogens (tertiary/aromatic N) is 4. The first-order valence-corrected chi connectivity index (χ1v) is 5.95. The topological polar surface area (TPSA) is 73.0 Å². The van der Waals surface area contributed by atoms with Crippen molar-refractivity contribution in [2.45, 2.75) is 31.7 Å². The van der Waals surface area contributed by atoms with Crippen LogP contribution in [0.4, 0.5) is 5.82 Å². The predicted molar refractivity (Wildman–Crippen MR) is 63.4 cm³/mol. The minimum Gasteiger partial charge on any atom is -0.396 e. The second-order valence-electron chi connectivity index (χ2n) is 4.23. The van der Waals surface area contributed by atoms with E-state index in [9.17, 15) is 0 Å². The van der Waals surface area contributed by atoms with Gasteiger partial charge in [-0.3, -0.25) is 0 Å². The molecular formula is C12H16N4O. The molecule has 0 aromatic carbocycles. The summed E-state index contributed by atoms with van der Waals surface area (Å²) in [5.41, 5.74) is 0.347. The Kier molecular flexibility index (Phi) is 3.89. The molecule has 2 heterocycles. The highest BCUT2D eigenvalue weighted by atomic mass is 16.2. The fraction of sp³-hybridized carbons (Fsp3) is 0.583. The van der Waals surface area contributed by atoms with Crippen molar-refractivity contribution in [1.82, 2.24) is 9.97 Å². The van der Waals surface area contributed by atoms with Crippen LogP contribution in [0.2, 0.25) is 0 Å². The van der Waals surface area contributed by atoms with Gasteiger partial charge in [-0.05, 0) is 25.7 Å². The van der Waals surface area contributed by atoms with Crippen LogP contribution in [0, 0.1) is 11.3 Å². The molecule has 0 saturated carbocycles. The van der Waals surface area contributed by atoms with Gasteiger partial charge in [-0.25, -0.2) is 9.97 Å². The lowest BCUT2D eigenvalue weighted by Crippen LogP contribution is -2.30. The molecule has 2 rings (SSSR count). The van der Waals surface area contributed by atoms with Crippen molar-refractivity contribution >= 4 is 5.82 Å². The second kappa shape index (κ2) is 5.60. The van der Waals surface area contributed by atoms with E-state index in [0.717, 1.165) is 38.0 Å². The summed E-state index contributed by atoms with van der Waals surface area (Å²) in [6, 6.07) is 2.41. The molecule has 5 nitrogen and oxygen atoms in total. The first kappa shape index (κ1) is 11.8. The zero-order valence-corrected chi connectivity index (χ0v) is 9.71. The molecule has 17 heavy (non-hydrogen) atoms. The minimum absolute atomic E-state index is 0.239. The van der Waals surface area contributed by atoms with E-state index in [1.54, 1.807) is 6.20 Å². The molecule has 1 N–H and O–H groups in total. The maximum atomic E-state index is 8.87. The lowest BCUT2D eigenvalue weighted by atomic mass is 10.1. The Balaban J connectivity index is 2.06. The standard InChI is InChI=1S/C12H16N4O/c13-7-10-8-15-12(9-14-10)16-5-1-3-11(16)4-2-6-17/h8-9,11,17H,1-6H2. The number of rotatable bonds is 4. The molecule has 1 aliphatic heterocycles. The summed E-state index contributed by atoms with van der Waals surface area (Å²) in [6.45, 7) is 1.22. The Morgan fingerprint density at radius 1 is 1.47 bits per heavy atom. The van der Waals surface area contributed by atoms with Crippen LogP contribution in [-0.4, -0.2) is 34.3 Å². The van der Waals surface area contributed by atoms with Crippen LogP contribution in [0.1, 0.15) is 31.4 Å². The highest BCUT2D eigenvalue weighted by Gasteiger charge is 2.25. The summed E-state index contributed by atoms with van der Waals surface area (Å²) >= 11 is 0. The molecule has 1 unspecified atom stereocenters. The zero-order valence-electron chi connectivity index (χ0n) is 9.71. The van der Waals surface area contributed by atoms with Crippen molar-refractivity contribution in [3.05, 3.63) is 18.1 Å². The Labute approximate surface area is 101 Å². The zero-order chi connectivity index (χ0) is 12.1. The van der Waals surface area contributed by atoms with Gasteiger partial charge >= 0.3 is 0 Å². The van der Waals surface area contributed by atoms with Crippen molar-refractivity contribution < 1.29 is 5.11 Å². The summed E-state index contributed by atoms with van der Waals surface area (Å²) in [5, 5.41) is 17.5. The third-order valence-corrected chi connectivity index (χ3v) is 3.12. The van der Waals surface area contributed by atoms with Crippen LogP contribution in [0.15, 0.2) is 12.4 Å². The number of aliphatic hydroxyl groups is 1. The largest absolute Gasteiger partial charge is 0.396 e. The average molecular weight is 232 g/mol. The Hall–Kier alpha value is -1.67. The number of aromatic nitrogens is 2. The smallest absolute Gasteiger partial charge is 0.158 e. The van der Waals surface area contributed by atoms with Gasteiger partial charge in [0.25, 0.3) is 0 Å². The van der Waals surface area contributed by atoms with E-state index in [0.29, 0.717) is 11.7 Å². The molecule has 1 aromatic rings. The number of hydrogen-bond donors (Lipinski definition) is 1. The van der Waals surface area contributed by atoms with Gasteiger partial charge in [0.05, 0.1) is 12.4 Å². The summed E-state index contributed by atoms with van der Waals surface area (Å²) in [7, 11) is 0. The maximum Gasteiger partial charge on any atom is 0.158 e. The van der Waals surface area contributed by atoms with E-state index < -0.39 is 0 Å². The van der Waals surface area contributed by atoms with Gasteiger partial charge in [0.15, 0.2) is 5.69 Å². The molecule has 0 radical (unpaired) electrons. The van der Waals surface area contributed by atoms with Crippen LogP contribution in [0.3, 0.4) is 0 Å². The van der Waals surface area contributed by atoms with Crippen molar-refractivity contribution in [2.24, 2.45) is 0 Å². The minimum atomic E-state index is 0.239. The molecule has 1 saturated heterocycles. The predicted octanol–water partition coefficient (Wildman–Crippen LogP) is 1.09. The monoisotopic (exact) mass is 232 g/mol. The van der Waals surface area contributed by atoms with Gasteiger partial charge in [0, 0.05) is 19.2 Å². The van der Waals surface area contributed by atoms with Gasteiger partial charge in [-0.15, -0.1) is 0 Å². The summed E-state index contributed by atoms with van der Waals surface area (Å²) in [6.07, 6.45) is 7.27. The van der Waals surface area contributed by atoms with Crippen LogP contribution in [0.25, 0.3) is 0 Å². The van der Waals surface area contributed by atoms with Crippen molar-refractivity contribution in [3.8, 4) is 6.07 Å². The van der Waals surface area contributed by atoms with Crippen LogP contribution in [0.5, 0.6) is 0 Å². The SMILES string of the molecule is N#Cc1cnc(N2CCCC2CCCO)cn1.